The van der Waals surface area contributed by atoms with Gasteiger partial charge in [0, 0.05) is 0 Å². The zero-order chi connectivity index (χ0) is 12.5. The van der Waals surface area contributed by atoms with Gasteiger partial charge in [0.15, 0.2) is 0 Å². The summed E-state index contributed by atoms with van der Waals surface area (Å²) in [5, 5.41) is 3.54. The minimum absolute atomic E-state index is 0.0306. The van der Waals surface area contributed by atoms with Crippen LogP contribution < -0.4 is 5.32 Å². The Kier molecular flexibility index (Phi) is 3.20. The second-order valence-corrected chi connectivity index (χ2v) is 6.68. The molecule has 0 saturated carbocycles. The Morgan fingerprint density at radius 3 is 2.89 bits per heavy atom. The van der Waals surface area contributed by atoms with Gasteiger partial charge in [-0.3, -0.25) is 0 Å². The molecule has 1 N–H and O–H groups in total. The van der Waals surface area contributed by atoms with E-state index in [1.165, 1.54) is 9.75 Å². The van der Waals surface area contributed by atoms with Crippen molar-refractivity contribution in [1.29, 1.82) is 0 Å². The van der Waals surface area contributed by atoms with E-state index in [0.29, 0.717) is 6.04 Å². The molecule has 0 aliphatic heterocycles. The van der Waals surface area contributed by atoms with Crippen LogP contribution in [0.3, 0.4) is 0 Å². The van der Waals surface area contributed by atoms with E-state index in [0.717, 1.165) is 16.7 Å². The fourth-order valence-electron chi connectivity index (χ4n) is 1.91. The van der Waals surface area contributed by atoms with E-state index >= 15 is 0 Å². The second-order valence-electron chi connectivity index (χ2n) is 4.25. The normalized spacial score (nSPS) is 12.8. The van der Waals surface area contributed by atoms with Crippen LogP contribution in [0.25, 0.3) is 11.0 Å². The van der Waals surface area contributed by atoms with E-state index in [2.05, 4.69) is 45.3 Å². The summed E-state index contributed by atoms with van der Waals surface area (Å²) in [5.74, 6) is 0. The molecular weight excluding hydrogens is 309 g/mol. The van der Waals surface area contributed by atoms with Gasteiger partial charge in [0.1, 0.15) is 0 Å². The number of hydrogen-bond acceptors (Lipinski definition) is 4. The van der Waals surface area contributed by atoms with Crippen molar-refractivity contribution in [2.24, 2.45) is 0 Å². The summed E-state index contributed by atoms with van der Waals surface area (Å²) >= 11 is 1.87. The number of aryl methyl sites for hydroxylation is 1. The SMILES string of the molecule is Cc1ccc(C(C)Nc2cccc3n[se]nc23)s1. The van der Waals surface area contributed by atoms with Gasteiger partial charge in [-0.1, -0.05) is 0 Å². The fourth-order valence-corrected chi connectivity index (χ4v) is 3.95. The van der Waals surface area contributed by atoms with E-state index in [4.69, 9.17) is 0 Å². The molecule has 2 heterocycles. The first-order valence-electron chi connectivity index (χ1n) is 5.78. The van der Waals surface area contributed by atoms with Crippen LogP contribution in [-0.2, 0) is 0 Å². The third-order valence-electron chi connectivity index (χ3n) is 2.85. The summed E-state index contributed by atoms with van der Waals surface area (Å²) in [6.07, 6.45) is 0. The Hall–Kier alpha value is -1.16. The topological polar surface area (TPSA) is 37.8 Å². The van der Waals surface area contributed by atoms with Crippen molar-refractivity contribution in [2.45, 2.75) is 19.9 Å². The molecule has 3 aromatic rings. The van der Waals surface area contributed by atoms with Crippen LogP contribution >= 0.6 is 11.3 Å². The average Bonchev–Trinajstić information content (AvgIpc) is 2.97. The number of anilines is 1. The van der Waals surface area contributed by atoms with Gasteiger partial charge < -0.3 is 0 Å². The van der Waals surface area contributed by atoms with Crippen molar-refractivity contribution in [3.63, 3.8) is 0 Å². The maximum atomic E-state index is 4.49. The van der Waals surface area contributed by atoms with Gasteiger partial charge in [0.2, 0.25) is 0 Å². The van der Waals surface area contributed by atoms with Gasteiger partial charge in [-0.05, 0) is 0 Å². The molecule has 92 valence electrons. The summed E-state index contributed by atoms with van der Waals surface area (Å²) in [7, 11) is 0. The standard InChI is InChI=1S/C13H13N3SSe/c1-8-6-7-12(17-8)9(2)14-10-4-3-5-11-13(10)16-18-15-11/h3-7,9,14H,1-2H3. The number of fused-ring (bicyclic) bond motifs is 1. The van der Waals surface area contributed by atoms with Crippen molar-refractivity contribution >= 4 is 43.0 Å². The summed E-state index contributed by atoms with van der Waals surface area (Å²) in [6.45, 7) is 4.32. The molecule has 0 aliphatic rings. The van der Waals surface area contributed by atoms with E-state index in [-0.39, 0.29) is 15.0 Å². The molecule has 0 saturated heterocycles. The van der Waals surface area contributed by atoms with Gasteiger partial charge in [-0.15, -0.1) is 0 Å². The van der Waals surface area contributed by atoms with Crippen LogP contribution in [0.4, 0.5) is 5.69 Å². The van der Waals surface area contributed by atoms with Crippen molar-refractivity contribution in [1.82, 2.24) is 7.96 Å². The molecular formula is C13H13N3SSe. The van der Waals surface area contributed by atoms with E-state index in [1.54, 1.807) is 0 Å². The van der Waals surface area contributed by atoms with Gasteiger partial charge in [-0.2, -0.15) is 0 Å². The molecule has 1 atom stereocenters. The van der Waals surface area contributed by atoms with Crippen molar-refractivity contribution in [2.75, 3.05) is 5.32 Å². The predicted molar refractivity (Wildman–Crippen MR) is 77.6 cm³/mol. The van der Waals surface area contributed by atoms with Crippen LogP contribution in [0, 0.1) is 6.92 Å². The van der Waals surface area contributed by atoms with Crippen LogP contribution in [-0.4, -0.2) is 22.9 Å². The molecule has 0 fully saturated rings. The van der Waals surface area contributed by atoms with Crippen LogP contribution in [0.2, 0.25) is 0 Å². The first kappa shape index (κ1) is 11.9. The molecule has 0 amide bonds. The number of aromatic nitrogens is 2. The first-order valence-corrected chi connectivity index (χ1v) is 8.13. The Labute approximate surface area is 116 Å². The fraction of sp³-hybridized carbons (Fsp3) is 0.231. The molecule has 5 heteroatoms. The van der Waals surface area contributed by atoms with Gasteiger partial charge in [0.05, 0.1) is 0 Å². The third kappa shape index (κ3) is 2.21. The van der Waals surface area contributed by atoms with Crippen LogP contribution in [0.5, 0.6) is 0 Å². The number of nitrogens with zero attached hydrogens (tertiary/aromatic N) is 2. The monoisotopic (exact) mass is 323 g/mol. The second kappa shape index (κ2) is 4.84. The average molecular weight is 322 g/mol. The van der Waals surface area contributed by atoms with Crippen LogP contribution in [0.1, 0.15) is 22.7 Å². The molecule has 2 aromatic heterocycles. The third-order valence-corrected chi connectivity index (χ3v) is 5.17. The number of hydrogen-bond donors (Lipinski definition) is 1. The first-order chi connectivity index (χ1) is 8.74. The molecule has 3 nitrogen and oxygen atoms in total. The summed E-state index contributed by atoms with van der Waals surface area (Å²) in [4.78, 5) is 2.70. The number of rotatable bonds is 3. The quantitative estimate of drug-likeness (QED) is 0.752. The zero-order valence-corrected chi connectivity index (χ0v) is 12.7. The predicted octanol–water partition coefficient (Wildman–Crippen LogP) is 3.23. The Balaban J connectivity index is 1.90. The summed E-state index contributed by atoms with van der Waals surface area (Å²) < 4.78 is 8.89. The Bertz CT molecular complexity index is 673. The Morgan fingerprint density at radius 1 is 1.22 bits per heavy atom. The van der Waals surface area contributed by atoms with Gasteiger partial charge >= 0.3 is 116 Å². The molecule has 0 spiro atoms. The molecule has 1 aromatic carbocycles. The number of thiophene rings is 1. The molecule has 0 aliphatic carbocycles. The van der Waals surface area contributed by atoms with E-state index in [9.17, 15) is 0 Å². The van der Waals surface area contributed by atoms with Gasteiger partial charge in [-0.25, -0.2) is 0 Å². The van der Waals surface area contributed by atoms with E-state index < -0.39 is 0 Å². The molecule has 0 bridgehead atoms. The maximum absolute atomic E-state index is 4.49. The number of nitrogens with one attached hydrogen (secondary N) is 1. The summed E-state index contributed by atoms with van der Waals surface area (Å²) in [6, 6.07) is 10.8. The Morgan fingerprint density at radius 2 is 2.11 bits per heavy atom. The van der Waals surface area contributed by atoms with Crippen LogP contribution in [0.15, 0.2) is 30.3 Å². The van der Waals surface area contributed by atoms with Crippen molar-refractivity contribution in [3.8, 4) is 0 Å². The molecule has 18 heavy (non-hydrogen) atoms. The molecule has 0 radical (unpaired) electrons. The molecule has 1 unspecified atom stereocenters. The van der Waals surface area contributed by atoms with Gasteiger partial charge in [0.25, 0.3) is 0 Å². The summed E-state index contributed by atoms with van der Waals surface area (Å²) in [5.41, 5.74) is 3.14. The minimum atomic E-state index is 0.0306. The van der Waals surface area contributed by atoms with E-state index in [1.807, 2.05) is 23.5 Å². The van der Waals surface area contributed by atoms with Crippen molar-refractivity contribution in [3.05, 3.63) is 40.1 Å². The van der Waals surface area contributed by atoms with Crippen molar-refractivity contribution < 1.29 is 0 Å². The zero-order valence-electron chi connectivity index (χ0n) is 10.2. The number of benzene rings is 1. The molecule has 3 rings (SSSR count).